The highest BCUT2D eigenvalue weighted by molar-refractivity contribution is 7.98. The fourth-order valence-electron chi connectivity index (χ4n) is 3.79. The normalized spacial score (nSPS) is 13.9. The molecule has 0 saturated carbocycles. The predicted octanol–water partition coefficient (Wildman–Crippen LogP) is 5.25. The number of rotatable bonds is 5. The number of likely N-dealkylation sites (tertiary alicyclic amines) is 1. The van der Waals surface area contributed by atoms with Crippen LogP contribution in [0.5, 0.6) is 0 Å². The summed E-state index contributed by atoms with van der Waals surface area (Å²) in [5.41, 5.74) is 2.80. The van der Waals surface area contributed by atoms with E-state index in [1.54, 1.807) is 34.7 Å². The lowest BCUT2D eigenvalue weighted by molar-refractivity contribution is 0.0793. The van der Waals surface area contributed by atoms with Gasteiger partial charge in [-0.3, -0.25) is 14.2 Å². The molecule has 0 unspecified atom stereocenters. The Bertz CT molecular complexity index is 1280. The number of hydrogen-bond acceptors (Lipinski definition) is 6. The predicted molar refractivity (Wildman–Crippen MR) is 129 cm³/mol. The van der Waals surface area contributed by atoms with Gasteiger partial charge in [-0.15, -0.1) is 22.7 Å². The molecular formula is C23H21N3O2S3. The molecular weight excluding hydrogens is 446 g/mol. The van der Waals surface area contributed by atoms with Crippen molar-refractivity contribution in [2.24, 2.45) is 7.05 Å². The van der Waals surface area contributed by atoms with Crippen LogP contribution in [0.1, 0.15) is 28.8 Å². The lowest BCUT2D eigenvalue weighted by Crippen LogP contribution is -2.27. The molecule has 4 aromatic rings. The molecule has 31 heavy (non-hydrogen) atoms. The summed E-state index contributed by atoms with van der Waals surface area (Å²) in [6.07, 6.45) is 2.19. The van der Waals surface area contributed by atoms with Gasteiger partial charge in [0.25, 0.3) is 11.5 Å². The highest BCUT2D eigenvalue weighted by Gasteiger charge is 2.19. The molecule has 1 saturated heterocycles. The van der Waals surface area contributed by atoms with Crippen molar-refractivity contribution in [2.75, 3.05) is 13.1 Å². The molecule has 3 aromatic heterocycles. The van der Waals surface area contributed by atoms with Gasteiger partial charge in [0.2, 0.25) is 0 Å². The maximum Gasteiger partial charge on any atom is 0.263 e. The number of carbonyl (C=O) groups is 1. The molecule has 4 heterocycles. The Kier molecular flexibility index (Phi) is 5.69. The fraction of sp³-hybridized carbons (Fsp3) is 0.261. The Hall–Kier alpha value is -2.42. The summed E-state index contributed by atoms with van der Waals surface area (Å²) in [7, 11) is 1.78. The van der Waals surface area contributed by atoms with Crippen LogP contribution in [0.15, 0.2) is 57.1 Å². The van der Waals surface area contributed by atoms with E-state index in [4.69, 9.17) is 4.98 Å². The Morgan fingerprint density at radius 2 is 1.90 bits per heavy atom. The maximum absolute atomic E-state index is 13.1. The lowest BCUT2D eigenvalue weighted by atomic mass is 10.1. The Labute approximate surface area is 192 Å². The van der Waals surface area contributed by atoms with Crippen molar-refractivity contribution in [3.8, 4) is 10.4 Å². The van der Waals surface area contributed by atoms with E-state index in [2.05, 4.69) is 0 Å². The van der Waals surface area contributed by atoms with Gasteiger partial charge in [-0.1, -0.05) is 30.0 Å². The monoisotopic (exact) mass is 467 g/mol. The molecule has 0 atom stereocenters. The third-order valence-electron chi connectivity index (χ3n) is 5.52. The summed E-state index contributed by atoms with van der Waals surface area (Å²) in [5.74, 6) is 0.804. The number of hydrogen-bond donors (Lipinski definition) is 0. The number of thiophene rings is 2. The molecule has 0 bridgehead atoms. The smallest absolute Gasteiger partial charge is 0.263 e. The third kappa shape index (κ3) is 3.95. The van der Waals surface area contributed by atoms with Gasteiger partial charge in [-0.2, -0.15) is 0 Å². The van der Waals surface area contributed by atoms with Crippen LogP contribution >= 0.6 is 34.4 Å². The second kappa shape index (κ2) is 8.61. The highest BCUT2D eigenvalue weighted by Crippen LogP contribution is 2.34. The molecule has 0 radical (unpaired) electrons. The van der Waals surface area contributed by atoms with Gasteiger partial charge >= 0.3 is 0 Å². The van der Waals surface area contributed by atoms with Gasteiger partial charge in [-0.05, 0) is 42.0 Å². The Balaban J connectivity index is 1.34. The second-order valence-corrected chi connectivity index (χ2v) is 10.3. The van der Waals surface area contributed by atoms with Gasteiger partial charge in [0.05, 0.1) is 5.39 Å². The van der Waals surface area contributed by atoms with Crippen LogP contribution < -0.4 is 5.56 Å². The number of benzene rings is 1. The van der Waals surface area contributed by atoms with Crippen molar-refractivity contribution in [1.82, 2.24) is 14.5 Å². The van der Waals surface area contributed by atoms with Crippen LogP contribution in [0, 0.1) is 0 Å². The molecule has 1 amide bonds. The van der Waals surface area contributed by atoms with Gasteiger partial charge in [0, 0.05) is 47.3 Å². The first kappa shape index (κ1) is 20.5. The molecule has 8 heteroatoms. The first-order valence-corrected chi connectivity index (χ1v) is 12.9. The van der Waals surface area contributed by atoms with E-state index in [9.17, 15) is 9.59 Å². The maximum atomic E-state index is 13.1. The van der Waals surface area contributed by atoms with E-state index in [1.807, 2.05) is 52.1 Å². The minimum Gasteiger partial charge on any atom is -0.339 e. The average molecular weight is 468 g/mol. The lowest BCUT2D eigenvalue weighted by Gasteiger charge is -2.15. The minimum atomic E-state index is -0.0105. The largest absolute Gasteiger partial charge is 0.339 e. The second-order valence-electron chi connectivity index (χ2n) is 7.55. The fourth-order valence-corrected chi connectivity index (χ4v) is 6.52. The van der Waals surface area contributed by atoms with E-state index in [0.717, 1.165) is 52.3 Å². The SMILES string of the molecule is Cn1c(SCc2ccc(C(=O)N3CCCC3)cc2)nc2scc(-c3cccs3)c2c1=O. The molecule has 1 fully saturated rings. The van der Waals surface area contributed by atoms with Crippen molar-refractivity contribution in [3.63, 3.8) is 0 Å². The molecule has 1 aliphatic rings. The van der Waals surface area contributed by atoms with Crippen LogP contribution in [-0.4, -0.2) is 33.4 Å². The summed E-state index contributed by atoms with van der Waals surface area (Å²) in [6.45, 7) is 1.71. The number of amides is 1. The van der Waals surface area contributed by atoms with Crippen molar-refractivity contribution in [1.29, 1.82) is 0 Å². The van der Waals surface area contributed by atoms with Gasteiger partial charge in [-0.25, -0.2) is 4.98 Å². The van der Waals surface area contributed by atoms with Crippen molar-refractivity contribution in [2.45, 2.75) is 23.8 Å². The molecule has 1 aromatic carbocycles. The number of fused-ring (bicyclic) bond motifs is 1. The van der Waals surface area contributed by atoms with Crippen LogP contribution in [-0.2, 0) is 12.8 Å². The number of carbonyl (C=O) groups excluding carboxylic acids is 1. The molecule has 158 valence electrons. The van der Waals surface area contributed by atoms with Crippen LogP contribution in [0.2, 0.25) is 0 Å². The Morgan fingerprint density at radius 1 is 1.13 bits per heavy atom. The number of aromatic nitrogens is 2. The third-order valence-corrected chi connectivity index (χ3v) is 8.40. The van der Waals surface area contributed by atoms with Gasteiger partial charge < -0.3 is 4.90 Å². The summed E-state index contributed by atoms with van der Waals surface area (Å²) in [5, 5.41) is 5.44. The van der Waals surface area contributed by atoms with Gasteiger partial charge in [0.1, 0.15) is 4.83 Å². The first-order chi connectivity index (χ1) is 15.1. The quantitative estimate of drug-likeness (QED) is 0.297. The van der Waals surface area contributed by atoms with E-state index in [0.29, 0.717) is 16.3 Å². The topological polar surface area (TPSA) is 55.2 Å². The van der Waals surface area contributed by atoms with E-state index >= 15 is 0 Å². The summed E-state index contributed by atoms with van der Waals surface area (Å²) in [4.78, 5) is 34.1. The Morgan fingerprint density at radius 3 is 2.61 bits per heavy atom. The molecule has 0 spiro atoms. The first-order valence-electron chi connectivity index (χ1n) is 10.1. The van der Waals surface area contributed by atoms with E-state index < -0.39 is 0 Å². The zero-order valence-corrected chi connectivity index (χ0v) is 19.5. The standard InChI is InChI=1S/C23H21N3O2S3/c1-25-22(28)19-17(18-5-4-12-29-18)14-30-20(19)24-23(25)31-13-15-6-8-16(9-7-15)21(27)26-10-2-3-11-26/h4-9,12,14H,2-3,10-11,13H2,1H3. The zero-order valence-electron chi connectivity index (χ0n) is 17.0. The van der Waals surface area contributed by atoms with Crippen LogP contribution in [0.3, 0.4) is 0 Å². The molecule has 0 aliphatic carbocycles. The molecule has 5 nitrogen and oxygen atoms in total. The van der Waals surface area contributed by atoms with Crippen molar-refractivity contribution < 1.29 is 4.79 Å². The molecule has 0 N–H and O–H groups in total. The summed E-state index contributed by atoms with van der Waals surface area (Å²) < 4.78 is 1.64. The zero-order chi connectivity index (χ0) is 21.4. The number of nitrogens with zero attached hydrogens (tertiary/aromatic N) is 3. The summed E-state index contributed by atoms with van der Waals surface area (Å²) >= 11 is 4.69. The van der Waals surface area contributed by atoms with Crippen LogP contribution in [0.4, 0.5) is 0 Å². The van der Waals surface area contributed by atoms with E-state index in [-0.39, 0.29) is 11.5 Å². The minimum absolute atomic E-state index is 0.0105. The van der Waals surface area contributed by atoms with Crippen LogP contribution in [0.25, 0.3) is 20.7 Å². The number of thioether (sulfide) groups is 1. The van der Waals surface area contributed by atoms with Crippen molar-refractivity contribution in [3.05, 3.63) is 68.6 Å². The van der Waals surface area contributed by atoms with E-state index in [1.165, 1.54) is 11.3 Å². The molecule has 5 rings (SSSR count). The molecule has 1 aliphatic heterocycles. The summed E-state index contributed by atoms with van der Waals surface area (Å²) in [6, 6.07) is 11.8. The highest BCUT2D eigenvalue weighted by atomic mass is 32.2. The van der Waals surface area contributed by atoms with Gasteiger partial charge in [0.15, 0.2) is 5.16 Å². The van der Waals surface area contributed by atoms with Crippen molar-refractivity contribution >= 4 is 50.6 Å². The average Bonchev–Trinajstić information content (AvgIpc) is 3.56.